The van der Waals surface area contributed by atoms with Crippen LogP contribution in [-0.2, 0) is 11.2 Å². The molecule has 13 heavy (non-hydrogen) atoms. The quantitative estimate of drug-likeness (QED) is 0.727. The minimum Gasteiger partial charge on any atom is -0.388 e. The molecule has 0 aliphatic heterocycles. The second kappa shape index (κ2) is 3.94. The van der Waals surface area contributed by atoms with Gasteiger partial charge in [-0.3, -0.25) is 4.79 Å². The van der Waals surface area contributed by atoms with Crippen molar-refractivity contribution in [3.63, 3.8) is 0 Å². The molecule has 0 atom stereocenters. The van der Waals surface area contributed by atoms with Gasteiger partial charge in [0.1, 0.15) is 0 Å². The molecule has 0 fully saturated rings. The number of carbonyl (C=O) groups excluding carboxylic acids is 1. The normalized spacial score (nSPS) is 9.69. The molecule has 0 radical (unpaired) electrons. The average molecular weight is 178 g/mol. The van der Waals surface area contributed by atoms with Crippen LogP contribution in [0.25, 0.3) is 0 Å². The van der Waals surface area contributed by atoms with Crippen molar-refractivity contribution in [2.75, 3.05) is 12.4 Å². The van der Waals surface area contributed by atoms with Crippen molar-refractivity contribution in [2.45, 2.75) is 13.3 Å². The predicted molar refractivity (Wildman–Crippen MR) is 53.6 cm³/mol. The second-order valence-electron chi connectivity index (χ2n) is 2.98. The fourth-order valence-corrected chi connectivity index (χ4v) is 1.33. The van der Waals surface area contributed by atoms with E-state index in [0.29, 0.717) is 6.42 Å². The van der Waals surface area contributed by atoms with Gasteiger partial charge in [-0.25, -0.2) is 0 Å². The van der Waals surface area contributed by atoms with Crippen molar-refractivity contribution in [3.8, 4) is 0 Å². The van der Waals surface area contributed by atoms with Crippen molar-refractivity contribution in [1.29, 1.82) is 0 Å². The van der Waals surface area contributed by atoms with Gasteiger partial charge < -0.3 is 11.1 Å². The van der Waals surface area contributed by atoms with E-state index in [1.165, 1.54) is 0 Å². The van der Waals surface area contributed by atoms with E-state index in [4.69, 9.17) is 5.73 Å². The van der Waals surface area contributed by atoms with Gasteiger partial charge in [-0.2, -0.15) is 0 Å². The Hall–Kier alpha value is -1.51. The molecule has 0 saturated carbocycles. The number of rotatable bonds is 3. The van der Waals surface area contributed by atoms with Crippen LogP contribution in [0.2, 0.25) is 0 Å². The summed E-state index contributed by atoms with van der Waals surface area (Å²) >= 11 is 0. The zero-order valence-corrected chi connectivity index (χ0v) is 7.92. The number of benzene rings is 1. The molecule has 0 unspecified atom stereocenters. The summed E-state index contributed by atoms with van der Waals surface area (Å²) in [5.41, 5.74) is 8.24. The Balaban J connectivity index is 3.01. The fourth-order valence-electron chi connectivity index (χ4n) is 1.33. The Morgan fingerprint density at radius 3 is 2.77 bits per heavy atom. The second-order valence-corrected chi connectivity index (χ2v) is 2.98. The third-order valence-corrected chi connectivity index (χ3v) is 2.08. The van der Waals surface area contributed by atoms with Crippen molar-refractivity contribution in [1.82, 2.24) is 0 Å². The van der Waals surface area contributed by atoms with E-state index in [0.717, 1.165) is 16.8 Å². The molecular weight excluding hydrogens is 164 g/mol. The number of primary amides is 1. The minimum absolute atomic E-state index is 0.295. The fraction of sp³-hybridized carbons (Fsp3) is 0.300. The lowest BCUT2D eigenvalue weighted by Gasteiger charge is -2.08. The van der Waals surface area contributed by atoms with Crippen LogP contribution in [0.15, 0.2) is 18.2 Å². The van der Waals surface area contributed by atoms with E-state index in [1.54, 1.807) is 0 Å². The van der Waals surface area contributed by atoms with Gasteiger partial charge in [0.25, 0.3) is 0 Å². The first-order valence-corrected chi connectivity index (χ1v) is 4.19. The van der Waals surface area contributed by atoms with Crippen LogP contribution in [0.5, 0.6) is 0 Å². The van der Waals surface area contributed by atoms with Gasteiger partial charge in [0.2, 0.25) is 5.91 Å². The summed E-state index contributed by atoms with van der Waals surface area (Å²) < 4.78 is 0. The third-order valence-electron chi connectivity index (χ3n) is 2.08. The van der Waals surface area contributed by atoms with Gasteiger partial charge in [0, 0.05) is 12.7 Å². The lowest BCUT2D eigenvalue weighted by molar-refractivity contribution is -0.117. The van der Waals surface area contributed by atoms with Gasteiger partial charge in [-0.1, -0.05) is 12.1 Å². The molecule has 3 nitrogen and oxygen atoms in total. The highest BCUT2D eigenvalue weighted by Crippen LogP contribution is 2.18. The van der Waals surface area contributed by atoms with Crippen LogP contribution in [0.1, 0.15) is 11.1 Å². The van der Waals surface area contributed by atoms with Crippen molar-refractivity contribution >= 4 is 11.6 Å². The maximum absolute atomic E-state index is 10.7. The first-order valence-electron chi connectivity index (χ1n) is 4.19. The predicted octanol–water partition coefficient (Wildman–Crippen LogP) is 1.06. The highest BCUT2D eigenvalue weighted by molar-refractivity contribution is 5.77. The first-order chi connectivity index (χ1) is 6.15. The summed E-state index contributed by atoms with van der Waals surface area (Å²) in [6, 6.07) is 5.80. The molecule has 1 aromatic rings. The van der Waals surface area contributed by atoms with E-state index in [-0.39, 0.29) is 5.91 Å². The van der Waals surface area contributed by atoms with Gasteiger partial charge in [0.05, 0.1) is 6.42 Å². The maximum Gasteiger partial charge on any atom is 0.221 e. The molecule has 0 heterocycles. The van der Waals surface area contributed by atoms with Crippen LogP contribution in [-0.4, -0.2) is 13.0 Å². The lowest BCUT2D eigenvalue weighted by atomic mass is 10.0. The lowest BCUT2D eigenvalue weighted by Crippen LogP contribution is -2.14. The summed E-state index contributed by atoms with van der Waals surface area (Å²) in [7, 11) is 1.86. The topological polar surface area (TPSA) is 55.1 Å². The van der Waals surface area contributed by atoms with Gasteiger partial charge in [-0.05, 0) is 24.1 Å². The number of nitrogens with two attached hydrogens (primary N) is 1. The number of nitrogens with one attached hydrogen (secondary N) is 1. The third kappa shape index (κ3) is 2.21. The highest BCUT2D eigenvalue weighted by Gasteiger charge is 2.04. The largest absolute Gasteiger partial charge is 0.388 e. The van der Waals surface area contributed by atoms with Gasteiger partial charge in [0.15, 0.2) is 0 Å². The molecule has 70 valence electrons. The van der Waals surface area contributed by atoms with Crippen LogP contribution in [0.4, 0.5) is 5.69 Å². The Labute approximate surface area is 77.9 Å². The zero-order chi connectivity index (χ0) is 9.84. The van der Waals surface area contributed by atoms with Crippen molar-refractivity contribution < 1.29 is 4.79 Å². The molecule has 0 aliphatic rings. The SMILES string of the molecule is CNc1cccc(CC(N)=O)c1C. The van der Waals surface area contributed by atoms with E-state index < -0.39 is 0 Å². The number of amides is 1. The zero-order valence-electron chi connectivity index (χ0n) is 7.92. The number of anilines is 1. The first kappa shape index (κ1) is 9.58. The molecular formula is C10H14N2O. The molecule has 1 aromatic carbocycles. The molecule has 0 bridgehead atoms. The number of hydrogen-bond donors (Lipinski definition) is 2. The summed E-state index contributed by atoms with van der Waals surface area (Å²) in [6.45, 7) is 1.98. The van der Waals surface area contributed by atoms with Crippen LogP contribution >= 0.6 is 0 Å². The smallest absolute Gasteiger partial charge is 0.221 e. The minimum atomic E-state index is -0.295. The Morgan fingerprint density at radius 2 is 2.23 bits per heavy atom. The van der Waals surface area contributed by atoms with Crippen molar-refractivity contribution in [2.24, 2.45) is 5.73 Å². The molecule has 3 heteroatoms. The van der Waals surface area contributed by atoms with Gasteiger partial charge >= 0.3 is 0 Å². The monoisotopic (exact) mass is 178 g/mol. The summed E-state index contributed by atoms with van der Waals surface area (Å²) in [5, 5.41) is 3.06. The average Bonchev–Trinajstić information content (AvgIpc) is 2.08. The standard InChI is InChI=1S/C10H14N2O/c1-7-8(6-10(11)13)4-3-5-9(7)12-2/h3-5,12H,6H2,1-2H3,(H2,11,13). The Kier molecular flexibility index (Phi) is 2.90. The van der Waals surface area contributed by atoms with Crippen LogP contribution < -0.4 is 11.1 Å². The molecule has 0 aromatic heterocycles. The van der Waals surface area contributed by atoms with Crippen LogP contribution in [0.3, 0.4) is 0 Å². The Bertz CT molecular complexity index is 321. The molecule has 0 spiro atoms. The maximum atomic E-state index is 10.7. The molecule has 1 rings (SSSR count). The van der Waals surface area contributed by atoms with E-state index in [1.807, 2.05) is 32.2 Å². The molecule has 0 aliphatic carbocycles. The van der Waals surface area contributed by atoms with E-state index in [9.17, 15) is 4.79 Å². The summed E-state index contributed by atoms with van der Waals surface area (Å²) in [5.74, 6) is -0.295. The Morgan fingerprint density at radius 1 is 1.54 bits per heavy atom. The van der Waals surface area contributed by atoms with E-state index >= 15 is 0 Å². The van der Waals surface area contributed by atoms with Crippen molar-refractivity contribution in [3.05, 3.63) is 29.3 Å². The molecule has 1 amide bonds. The molecule has 0 saturated heterocycles. The highest BCUT2D eigenvalue weighted by atomic mass is 16.1. The summed E-state index contributed by atoms with van der Waals surface area (Å²) in [4.78, 5) is 10.7. The molecule has 3 N–H and O–H groups in total. The van der Waals surface area contributed by atoms with Gasteiger partial charge in [-0.15, -0.1) is 0 Å². The summed E-state index contributed by atoms with van der Waals surface area (Å²) in [6.07, 6.45) is 0.307. The number of hydrogen-bond acceptors (Lipinski definition) is 2. The number of carbonyl (C=O) groups is 1. The van der Waals surface area contributed by atoms with Crippen LogP contribution in [0, 0.1) is 6.92 Å². The van der Waals surface area contributed by atoms with E-state index in [2.05, 4.69) is 5.32 Å².